The van der Waals surface area contributed by atoms with Crippen molar-refractivity contribution in [2.24, 2.45) is 11.8 Å². The number of ketones is 1. The minimum atomic E-state index is -0.612. The normalized spacial score (nSPS) is 26.0. The van der Waals surface area contributed by atoms with E-state index in [9.17, 15) is 19.2 Å². The topological polar surface area (TPSA) is 119 Å². The first-order valence-electron chi connectivity index (χ1n) is 12.6. The number of esters is 1. The number of carbonyl (C=O) groups is 4. The first-order valence-corrected chi connectivity index (χ1v) is 12.6. The third-order valence-corrected chi connectivity index (χ3v) is 6.19. The molecule has 0 spiro atoms. The van der Waals surface area contributed by atoms with E-state index in [0.717, 1.165) is 5.57 Å². The van der Waals surface area contributed by atoms with Crippen LogP contribution in [0, 0.1) is 11.8 Å². The largest absolute Gasteiger partial charge is 0.457 e. The van der Waals surface area contributed by atoms with E-state index in [0.29, 0.717) is 32.4 Å². The van der Waals surface area contributed by atoms with E-state index < -0.39 is 18.0 Å². The lowest BCUT2D eigenvalue weighted by atomic mass is 9.94. The summed E-state index contributed by atoms with van der Waals surface area (Å²) in [6.07, 6.45) is 12.5. The van der Waals surface area contributed by atoms with Gasteiger partial charge >= 0.3 is 5.97 Å². The Morgan fingerprint density at radius 2 is 1.89 bits per heavy atom. The fourth-order valence-electron chi connectivity index (χ4n) is 4.23. The van der Waals surface area contributed by atoms with Gasteiger partial charge in [-0.25, -0.2) is 9.78 Å². The van der Waals surface area contributed by atoms with Crippen molar-refractivity contribution in [1.29, 1.82) is 0 Å². The van der Waals surface area contributed by atoms with Crippen LogP contribution in [0.5, 0.6) is 0 Å². The van der Waals surface area contributed by atoms with Crippen LogP contribution < -0.4 is 5.32 Å². The summed E-state index contributed by atoms with van der Waals surface area (Å²) in [6, 6.07) is 0. The molecular weight excluding hydrogens is 474 g/mol. The van der Waals surface area contributed by atoms with Crippen LogP contribution in [-0.4, -0.2) is 52.6 Å². The molecular formula is C28H35N3O6. The van der Waals surface area contributed by atoms with Crippen LogP contribution in [0.4, 0.5) is 0 Å². The van der Waals surface area contributed by atoms with E-state index >= 15 is 0 Å². The third kappa shape index (κ3) is 7.87. The molecule has 37 heavy (non-hydrogen) atoms. The number of cyclic esters (lactones) is 1. The van der Waals surface area contributed by atoms with Gasteiger partial charge in [-0.1, -0.05) is 56.7 Å². The second kappa shape index (κ2) is 13.0. The number of oxazole rings is 1. The number of Topliss-reactive ketones (excluding diaryl/α,β-unsaturated/α-hetero) is 1. The Morgan fingerprint density at radius 3 is 2.65 bits per heavy atom. The molecule has 3 heterocycles. The predicted octanol–water partition coefficient (Wildman–Crippen LogP) is 3.69. The van der Waals surface area contributed by atoms with Crippen molar-refractivity contribution >= 4 is 23.6 Å². The van der Waals surface area contributed by atoms with Crippen molar-refractivity contribution in [3.8, 4) is 0 Å². The maximum absolute atomic E-state index is 13.1. The van der Waals surface area contributed by atoms with E-state index in [2.05, 4.69) is 10.3 Å². The first-order chi connectivity index (χ1) is 17.7. The first kappa shape index (κ1) is 27.8. The second-order valence-electron chi connectivity index (χ2n) is 9.64. The van der Waals surface area contributed by atoms with E-state index in [-0.39, 0.29) is 47.2 Å². The molecule has 2 atom stereocenters. The second-order valence-corrected chi connectivity index (χ2v) is 9.64. The van der Waals surface area contributed by atoms with Crippen LogP contribution in [0.2, 0.25) is 0 Å². The number of nitrogens with zero attached hydrogens (tertiary/aromatic N) is 2. The van der Waals surface area contributed by atoms with Crippen LogP contribution >= 0.6 is 0 Å². The highest BCUT2D eigenvalue weighted by Gasteiger charge is 2.33. The molecule has 0 aliphatic carbocycles. The summed E-state index contributed by atoms with van der Waals surface area (Å²) in [5.74, 6) is -1.52. The number of fused-ring (bicyclic) bond motifs is 3. The molecule has 9 heteroatoms. The number of nitrogens with one attached hydrogen (secondary N) is 1. The van der Waals surface area contributed by atoms with Gasteiger partial charge in [0.25, 0.3) is 5.91 Å². The van der Waals surface area contributed by atoms with Crippen molar-refractivity contribution in [3.63, 3.8) is 0 Å². The van der Waals surface area contributed by atoms with Crippen LogP contribution in [0.1, 0.15) is 63.3 Å². The van der Waals surface area contributed by atoms with Crippen molar-refractivity contribution in [1.82, 2.24) is 15.2 Å². The number of carbonyl (C=O) groups excluding carboxylic acids is 4. The van der Waals surface area contributed by atoms with Gasteiger partial charge in [0.1, 0.15) is 23.8 Å². The summed E-state index contributed by atoms with van der Waals surface area (Å²) < 4.78 is 11.2. The monoisotopic (exact) mass is 509 g/mol. The number of amides is 2. The fraction of sp³-hybridized carbons (Fsp3) is 0.464. The summed E-state index contributed by atoms with van der Waals surface area (Å²) in [6.45, 7) is 8.33. The molecule has 1 aromatic heterocycles. The Kier molecular flexibility index (Phi) is 9.77. The molecule has 0 saturated carbocycles. The van der Waals surface area contributed by atoms with Gasteiger partial charge in [-0.3, -0.25) is 14.4 Å². The van der Waals surface area contributed by atoms with E-state index in [1.54, 1.807) is 12.2 Å². The highest BCUT2D eigenvalue weighted by Crippen LogP contribution is 2.24. The summed E-state index contributed by atoms with van der Waals surface area (Å²) in [7, 11) is 0. The predicted molar refractivity (Wildman–Crippen MR) is 137 cm³/mol. The fourth-order valence-corrected chi connectivity index (χ4v) is 4.23. The minimum absolute atomic E-state index is 0.0201. The Bertz CT molecular complexity index is 1140. The maximum atomic E-state index is 13.1. The Hall–Kier alpha value is -3.75. The number of rotatable bonds is 1. The molecule has 198 valence electrons. The van der Waals surface area contributed by atoms with Gasteiger partial charge in [0.2, 0.25) is 11.8 Å². The lowest BCUT2D eigenvalue weighted by Gasteiger charge is -2.27. The van der Waals surface area contributed by atoms with Crippen LogP contribution in [0.25, 0.3) is 0 Å². The van der Waals surface area contributed by atoms with Gasteiger partial charge in [-0.05, 0) is 31.8 Å². The molecule has 2 bridgehead atoms. The Labute approximate surface area is 217 Å². The average Bonchev–Trinajstić information content (AvgIpc) is 3.52. The van der Waals surface area contributed by atoms with Crippen LogP contribution in [-0.2, 0) is 25.5 Å². The van der Waals surface area contributed by atoms with Gasteiger partial charge in [-0.15, -0.1) is 0 Å². The molecule has 0 saturated heterocycles. The molecule has 3 rings (SSSR count). The molecule has 0 fully saturated rings. The number of ether oxygens (including phenoxy) is 1. The molecule has 9 nitrogen and oxygen atoms in total. The molecule has 1 N–H and O–H groups in total. The Balaban J connectivity index is 1.84. The van der Waals surface area contributed by atoms with Gasteiger partial charge in [0, 0.05) is 25.4 Å². The Morgan fingerprint density at radius 1 is 1.11 bits per heavy atom. The summed E-state index contributed by atoms with van der Waals surface area (Å²) in [5.41, 5.74) is 1.16. The molecule has 0 radical (unpaired) electrons. The third-order valence-electron chi connectivity index (χ3n) is 6.19. The number of aromatic nitrogens is 1. The maximum Gasteiger partial charge on any atom is 0.355 e. The molecule has 1 unspecified atom stereocenters. The lowest BCUT2D eigenvalue weighted by Crippen LogP contribution is -2.36. The number of allylic oxidation sites excluding steroid dienone is 3. The van der Waals surface area contributed by atoms with E-state index in [1.165, 1.54) is 17.2 Å². The average molecular weight is 510 g/mol. The summed E-state index contributed by atoms with van der Waals surface area (Å²) >= 11 is 0. The lowest BCUT2D eigenvalue weighted by molar-refractivity contribution is -0.149. The highest BCUT2D eigenvalue weighted by atomic mass is 16.5. The van der Waals surface area contributed by atoms with E-state index in [4.69, 9.17) is 9.15 Å². The van der Waals surface area contributed by atoms with Crippen molar-refractivity contribution < 1.29 is 28.3 Å². The van der Waals surface area contributed by atoms with Crippen molar-refractivity contribution in [2.45, 2.75) is 59.5 Å². The summed E-state index contributed by atoms with van der Waals surface area (Å²) in [4.78, 5) is 56.3. The molecule has 2 aliphatic rings. The highest BCUT2D eigenvalue weighted by molar-refractivity contribution is 6.00. The zero-order chi connectivity index (χ0) is 26.9. The molecule has 2 amide bonds. The van der Waals surface area contributed by atoms with Crippen LogP contribution in [0.15, 0.2) is 58.4 Å². The summed E-state index contributed by atoms with van der Waals surface area (Å²) in [5, 5.41) is 2.79. The SMILES string of the molecule is CC1=C\CCC(=O)Cc2nc(co2)C(=O)N2CCC=C2C(=O)OC(C(C)C)[C@H](C)/C=C/C(=O)NC\C=C\1. The van der Waals surface area contributed by atoms with Gasteiger partial charge in [-0.2, -0.15) is 0 Å². The van der Waals surface area contributed by atoms with Crippen molar-refractivity contribution in [3.05, 3.63) is 65.6 Å². The van der Waals surface area contributed by atoms with Crippen LogP contribution in [0.3, 0.4) is 0 Å². The zero-order valence-corrected chi connectivity index (χ0v) is 21.9. The smallest absolute Gasteiger partial charge is 0.355 e. The van der Waals surface area contributed by atoms with Gasteiger partial charge in [0.05, 0.1) is 6.42 Å². The standard InChI is InChI=1S/C28H35N3O6/c1-18(2)26-20(4)12-13-24(33)29-14-6-9-19(3)8-5-10-21(32)16-25-30-22(17-36-25)27(34)31-15-7-11-23(31)28(35)37-26/h6,8-9,11-13,17-18,20,26H,5,7,10,14-16H2,1-4H3,(H,29,33)/b9-6+,13-12+,19-8+/t20-,26?/m1/s1. The number of hydrogen-bond donors (Lipinski definition) is 1. The molecule has 2 aliphatic heterocycles. The quantitative estimate of drug-likeness (QED) is 0.574. The minimum Gasteiger partial charge on any atom is -0.457 e. The van der Waals surface area contributed by atoms with Gasteiger partial charge < -0.3 is 19.4 Å². The number of hydrogen-bond acceptors (Lipinski definition) is 7. The van der Waals surface area contributed by atoms with Crippen molar-refractivity contribution in [2.75, 3.05) is 13.1 Å². The zero-order valence-electron chi connectivity index (χ0n) is 21.9. The van der Waals surface area contributed by atoms with Gasteiger partial charge in [0.15, 0.2) is 5.69 Å². The van der Waals surface area contributed by atoms with E-state index in [1.807, 2.05) is 45.9 Å². The molecule has 1 aromatic rings. The molecule has 0 aromatic carbocycles.